The average molecular weight is 563 g/mol. The van der Waals surface area contributed by atoms with E-state index in [2.05, 4.69) is 0 Å². The fourth-order valence-electron chi connectivity index (χ4n) is 5.01. The second-order valence-corrected chi connectivity index (χ2v) is 9.97. The number of phenolic OH excluding ortho intramolecular Hbond substituents is 2. The number of hydrogen-bond acceptors (Lipinski definition) is 13. The van der Waals surface area contributed by atoms with Crippen molar-refractivity contribution < 1.29 is 59.5 Å². The third-order valence-electron chi connectivity index (χ3n) is 7.28. The van der Waals surface area contributed by atoms with Gasteiger partial charge in [0.25, 0.3) is 0 Å². The van der Waals surface area contributed by atoms with Crippen LogP contribution in [0.25, 0.3) is 22.3 Å². The number of aromatic hydroxyl groups is 2. The number of hydrogen-bond donors (Lipinski definition) is 8. The van der Waals surface area contributed by atoms with E-state index in [9.17, 15) is 45.6 Å². The van der Waals surface area contributed by atoms with E-state index in [4.69, 9.17) is 18.6 Å². The van der Waals surface area contributed by atoms with Gasteiger partial charge in [-0.3, -0.25) is 4.79 Å². The molecular weight excluding hydrogens is 532 g/mol. The van der Waals surface area contributed by atoms with Gasteiger partial charge in [-0.2, -0.15) is 0 Å². The molecule has 0 bridgehead atoms. The Morgan fingerprint density at radius 3 is 2.27 bits per heavy atom. The highest BCUT2D eigenvalue weighted by molar-refractivity contribution is 5.88. The van der Waals surface area contributed by atoms with Crippen LogP contribution >= 0.6 is 0 Å². The van der Waals surface area contributed by atoms with E-state index >= 15 is 0 Å². The molecule has 40 heavy (non-hydrogen) atoms. The lowest BCUT2D eigenvalue weighted by Gasteiger charge is -2.39. The number of phenols is 2. The summed E-state index contributed by atoms with van der Waals surface area (Å²) in [7, 11) is 0. The normalized spacial score (nSPS) is 32.7. The lowest BCUT2D eigenvalue weighted by Crippen LogP contribution is -2.60. The summed E-state index contributed by atoms with van der Waals surface area (Å²) >= 11 is 0. The first-order valence-corrected chi connectivity index (χ1v) is 12.6. The molecule has 13 heteroatoms. The van der Waals surface area contributed by atoms with Gasteiger partial charge in [0.15, 0.2) is 5.43 Å². The van der Waals surface area contributed by atoms with E-state index in [0.717, 1.165) is 12.1 Å². The molecule has 0 unspecified atom stereocenters. The Kier molecular flexibility index (Phi) is 7.74. The Balaban J connectivity index is 1.41. The van der Waals surface area contributed by atoms with Crippen molar-refractivity contribution in [2.24, 2.45) is 0 Å². The van der Waals surface area contributed by atoms with E-state index in [1.165, 1.54) is 31.2 Å². The van der Waals surface area contributed by atoms with Crippen molar-refractivity contribution in [2.45, 2.75) is 68.5 Å². The van der Waals surface area contributed by atoms with Crippen molar-refractivity contribution in [3.63, 3.8) is 0 Å². The zero-order valence-electron chi connectivity index (χ0n) is 21.2. The Morgan fingerprint density at radius 1 is 0.925 bits per heavy atom. The molecule has 5 rings (SSSR count). The van der Waals surface area contributed by atoms with Crippen LogP contribution in [0.2, 0.25) is 0 Å². The molecule has 3 heterocycles. The van der Waals surface area contributed by atoms with Gasteiger partial charge < -0.3 is 59.5 Å². The highest BCUT2D eigenvalue weighted by Crippen LogP contribution is 2.44. The third-order valence-corrected chi connectivity index (χ3v) is 7.28. The van der Waals surface area contributed by atoms with Crippen LogP contribution in [0.15, 0.2) is 45.6 Å². The number of aliphatic hydroxyl groups excluding tert-OH is 6. The molecule has 8 N–H and O–H groups in total. The molecule has 0 saturated carbocycles. The lowest BCUT2D eigenvalue weighted by molar-refractivity contribution is -0.277. The standard InChI is InChI=1S/C27H30O13/c1-10-22(32)15(31)8-17(37-10)20-14(30)7-18-21(24(20)34)13(29)6-16(39-18)11-2-4-12(5-3-11)38-27-26(36)25(35)23(33)19(9-28)40-27/h2-7,10,15,17,19,22-23,25-28,30-36H,8-9H2,1H3/t10-,15-,17-,19-,22+,23-,25+,26-,27+/m1/s1. The summed E-state index contributed by atoms with van der Waals surface area (Å²) in [4.78, 5) is 13.0. The molecule has 13 nitrogen and oxygen atoms in total. The topological polar surface area (TPSA) is 220 Å². The lowest BCUT2D eigenvalue weighted by atomic mass is 9.92. The average Bonchev–Trinajstić information content (AvgIpc) is 2.91. The van der Waals surface area contributed by atoms with Crippen LogP contribution in [0, 0.1) is 0 Å². The quantitative estimate of drug-likeness (QED) is 0.199. The van der Waals surface area contributed by atoms with Crippen molar-refractivity contribution in [1.82, 2.24) is 0 Å². The fraction of sp³-hybridized carbons (Fsp3) is 0.444. The van der Waals surface area contributed by atoms with E-state index in [-0.39, 0.29) is 34.5 Å². The van der Waals surface area contributed by atoms with Crippen LogP contribution in [-0.2, 0) is 9.47 Å². The molecule has 2 aromatic carbocycles. The van der Waals surface area contributed by atoms with Gasteiger partial charge in [-0.25, -0.2) is 0 Å². The monoisotopic (exact) mass is 562 g/mol. The van der Waals surface area contributed by atoms with Crippen LogP contribution < -0.4 is 10.2 Å². The van der Waals surface area contributed by atoms with Crippen molar-refractivity contribution in [3.8, 4) is 28.6 Å². The maximum atomic E-state index is 13.0. The van der Waals surface area contributed by atoms with E-state index in [1.54, 1.807) is 0 Å². The third kappa shape index (κ3) is 5.02. The van der Waals surface area contributed by atoms with Gasteiger partial charge >= 0.3 is 0 Å². The van der Waals surface area contributed by atoms with Crippen LogP contribution in [-0.4, -0.2) is 96.5 Å². The first-order chi connectivity index (χ1) is 19.0. The molecule has 2 fully saturated rings. The first-order valence-electron chi connectivity index (χ1n) is 12.6. The minimum Gasteiger partial charge on any atom is -0.507 e. The highest BCUT2D eigenvalue weighted by Gasteiger charge is 2.44. The van der Waals surface area contributed by atoms with Gasteiger partial charge in [-0.15, -0.1) is 0 Å². The number of ether oxygens (including phenoxy) is 3. The molecule has 2 saturated heterocycles. The van der Waals surface area contributed by atoms with Crippen molar-refractivity contribution in [3.05, 3.63) is 52.2 Å². The summed E-state index contributed by atoms with van der Waals surface area (Å²) in [5.74, 6) is -0.677. The molecule has 0 amide bonds. The summed E-state index contributed by atoms with van der Waals surface area (Å²) < 4.78 is 22.4. The Labute approximate surface area is 226 Å². The fourth-order valence-corrected chi connectivity index (χ4v) is 5.01. The summed E-state index contributed by atoms with van der Waals surface area (Å²) in [6.45, 7) is 0.936. The zero-order chi connectivity index (χ0) is 28.9. The van der Waals surface area contributed by atoms with Gasteiger partial charge in [-0.05, 0) is 31.2 Å². The Hall–Kier alpha value is -3.27. The van der Waals surface area contributed by atoms with Gasteiger partial charge in [-0.1, -0.05) is 0 Å². The highest BCUT2D eigenvalue weighted by atomic mass is 16.7. The SMILES string of the molecule is C[C@H]1O[C@@H](c2c(O)cc3oc(-c4ccc(O[C@H]5O[C@H](CO)[C@@H](O)[C@H](O)[C@H]5O)cc4)cc(=O)c3c2O)C[C@@H](O)[C@H]1O. The number of fused-ring (bicyclic) bond motifs is 1. The van der Waals surface area contributed by atoms with Crippen molar-refractivity contribution in [1.29, 1.82) is 0 Å². The van der Waals surface area contributed by atoms with Gasteiger partial charge in [0.2, 0.25) is 6.29 Å². The second-order valence-electron chi connectivity index (χ2n) is 9.97. The van der Waals surface area contributed by atoms with Crippen LogP contribution in [0.3, 0.4) is 0 Å². The van der Waals surface area contributed by atoms with E-state index in [0.29, 0.717) is 5.56 Å². The second kappa shape index (κ2) is 11.0. The molecule has 0 spiro atoms. The summed E-state index contributed by atoms with van der Waals surface area (Å²) in [6.07, 6.45) is -11.4. The maximum absolute atomic E-state index is 13.0. The molecule has 0 aliphatic carbocycles. The van der Waals surface area contributed by atoms with Crippen LogP contribution in [0.1, 0.15) is 25.0 Å². The van der Waals surface area contributed by atoms with Crippen molar-refractivity contribution >= 4 is 11.0 Å². The number of aliphatic hydroxyl groups is 6. The van der Waals surface area contributed by atoms with Crippen LogP contribution in [0.4, 0.5) is 0 Å². The minimum absolute atomic E-state index is 0.0972. The van der Waals surface area contributed by atoms with Gasteiger partial charge in [0.1, 0.15) is 64.5 Å². The molecule has 9 atom stereocenters. The molecule has 216 valence electrons. The van der Waals surface area contributed by atoms with Gasteiger partial charge in [0.05, 0.1) is 30.5 Å². The Morgan fingerprint density at radius 2 is 1.62 bits per heavy atom. The number of benzene rings is 2. The molecule has 1 aromatic heterocycles. The smallest absolute Gasteiger partial charge is 0.229 e. The zero-order valence-corrected chi connectivity index (χ0v) is 21.2. The molecule has 0 radical (unpaired) electrons. The van der Waals surface area contributed by atoms with Crippen LogP contribution in [0.5, 0.6) is 17.2 Å². The molecule has 2 aliphatic heterocycles. The van der Waals surface area contributed by atoms with Gasteiger partial charge in [0, 0.05) is 24.1 Å². The van der Waals surface area contributed by atoms with E-state index in [1.807, 2.05) is 0 Å². The first kappa shape index (κ1) is 28.3. The Bertz CT molecular complexity index is 1410. The predicted octanol–water partition coefficient (Wildman–Crippen LogP) is -0.378. The molecular formula is C27H30O13. The minimum atomic E-state index is -1.60. The summed E-state index contributed by atoms with van der Waals surface area (Å²) in [6, 6.07) is 8.32. The van der Waals surface area contributed by atoms with Crippen molar-refractivity contribution in [2.75, 3.05) is 6.61 Å². The molecule has 3 aromatic rings. The largest absolute Gasteiger partial charge is 0.507 e. The summed E-state index contributed by atoms with van der Waals surface area (Å²) in [5.41, 5.74) is -0.391. The molecule has 2 aliphatic rings. The van der Waals surface area contributed by atoms with E-state index < -0.39 is 78.7 Å². The maximum Gasteiger partial charge on any atom is 0.229 e. The number of rotatable bonds is 5. The predicted molar refractivity (Wildman–Crippen MR) is 136 cm³/mol. The summed E-state index contributed by atoms with van der Waals surface area (Å²) in [5, 5.41) is 80.8.